The van der Waals surface area contributed by atoms with E-state index in [0.29, 0.717) is 0 Å². The molecule has 0 unspecified atom stereocenters. The maximum Gasteiger partial charge on any atom is 0.0535 e. The fourth-order valence-electron chi connectivity index (χ4n) is 1.92. The Morgan fingerprint density at radius 2 is 1.43 bits per heavy atom. The fourth-order valence-corrected chi connectivity index (χ4v) is 7.48. The average Bonchev–Trinajstić information content (AvgIpc) is 2.24. The van der Waals surface area contributed by atoms with Crippen LogP contribution in [0.4, 0.5) is 0 Å². The lowest BCUT2D eigenvalue weighted by Gasteiger charge is -2.27. The van der Waals surface area contributed by atoms with Gasteiger partial charge in [-0.3, -0.25) is 0 Å². The predicted octanol–water partition coefficient (Wildman–Crippen LogP) is 5.03. The first-order valence-corrected chi connectivity index (χ1v) is 10.3. The van der Waals surface area contributed by atoms with E-state index in [9.17, 15) is 0 Å². The lowest BCUT2D eigenvalue weighted by Crippen LogP contribution is -2.31. The third kappa shape index (κ3) is 5.45. The zero-order chi connectivity index (χ0) is 10.9. The van der Waals surface area contributed by atoms with Crippen LogP contribution in [-0.4, -0.2) is 19.6 Å². The molecule has 0 heterocycles. The van der Waals surface area contributed by atoms with Gasteiger partial charge in [-0.25, -0.2) is 0 Å². The van der Waals surface area contributed by atoms with Crippen molar-refractivity contribution in [3.8, 4) is 0 Å². The smallest absolute Gasteiger partial charge is 0.0535 e. The van der Waals surface area contributed by atoms with Crippen LogP contribution in [0.2, 0.25) is 24.2 Å². The van der Waals surface area contributed by atoms with Crippen molar-refractivity contribution < 1.29 is 0 Å². The first-order chi connectivity index (χ1) is 6.74. The number of hydrogen-bond donors (Lipinski definition) is 0. The molecule has 14 heavy (non-hydrogen) atoms. The van der Waals surface area contributed by atoms with Crippen molar-refractivity contribution in [1.29, 1.82) is 0 Å². The summed E-state index contributed by atoms with van der Waals surface area (Å²) >= 11 is 2.19. The van der Waals surface area contributed by atoms with Crippen LogP contribution in [-0.2, 0) is 0 Å². The Bertz CT molecular complexity index is 113. The zero-order valence-electron chi connectivity index (χ0n) is 10.6. The summed E-state index contributed by atoms with van der Waals surface area (Å²) in [6.07, 6.45) is 2.76. The lowest BCUT2D eigenvalue weighted by atomic mass is 10.4. The van der Waals surface area contributed by atoms with E-state index in [-0.39, 0.29) is 0 Å². The highest BCUT2D eigenvalue weighted by atomic mass is 32.2. The molecule has 0 rings (SSSR count). The van der Waals surface area contributed by atoms with Crippen molar-refractivity contribution in [3.05, 3.63) is 0 Å². The summed E-state index contributed by atoms with van der Waals surface area (Å²) in [5.41, 5.74) is 0. The molecule has 2 heteroatoms. The van der Waals surface area contributed by atoms with Crippen molar-refractivity contribution in [2.45, 2.75) is 64.7 Å². The van der Waals surface area contributed by atoms with E-state index < -0.39 is 8.07 Å². The molecule has 0 aliphatic heterocycles. The van der Waals surface area contributed by atoms with E-state index in [0.717, 1.165) is 0 Å². The molecular weight excluding hydrogens is 204 g/mol. The minimum absolute atomic E-state index is 0.798. The molecule has 0 saturated carbocycles. The quantitative estimate of drug-likeness (QED) is 0.397. The van der Waals surface area contributed by atoms with Crippen LogP contribution in [0.25, 0.3) is 0 Å². The summed E-state index contributed by atoms with van der Waals surface area (Å²) < 4.78 is 0. The summed E-state index contributed by atoms with van der Waals surface area (Å²) in [6, 6.07) is 6.04. The topological polar surface area (TPSA) is 0 Å². The Morgan fingerprint density at radius 1 is 0.857 bits per heavy atom. The van der Waals surface area contributed by atoms with Gasteiger partial charge in [0.05, 0.1) is 8.07 Å². The first kappa shape index (κ1) is 14.6. The normalized spacial score (nSPS) is 12.0. The van der Waals surface area contributed by atoms with Crippen LogP contribution < -0.4 is 0 Å². The third-order valence-corrected chi connectivity index (χ3v) is 10.9. The zero-order valence-corrected chi connectivity index (χ0v) is 12.4. The molecule has 0 N–H and O–H groups in total. The molecule has 0 amide bonds. The molecule has 0 fully saturated rings. The third-order valence-electron chi connectivity index (χ3n) is 3.67. The van der Waals surface area contributed by atoms with Gasteiger partial charge in [0.2, 0.25) is 0 Å². The largest absolute Gasteiger partial charge is 0.162 e. The highest BCUT2D eigenvalue weighted by Gasteiger charge is 2.25. The number of unbranched alkanes of at least 4 members (excludes halogenated alkanes) is 1. The van der Waals surface area contributed by atoms with Crippen molar-refractivity contribution in [2.24, 2.45) is 0 Å². The number of rotatable bonds is 9. The average molecular weight is 233 g/mol. The van der Waals surface area contributed by atoms with Crippen LogP contribution in [0, 0.1) is 0 Å². The summed E-state index contributed by atoms with van der Waals surface area (Å²) in [7, 11) is -0.798. The molecule has 86 valence electrons. The summed E-state index contributed by atoms with van der Waals surface area (Å²) in [5, 5.41) is 0. The molecule has 0 aromatic heterocycles. The van der Waals surface area contributed by atoms with Crippen molar-refractivity contribution in [3.63, 3.8) is 0 Å². The minimum Gasteiger partial charge on any atom is -0.162 e. The molecule has 0 nitrogen and oxygen atoms in total. The Kier molecular flexibility index (Phi) is 9.20. The Balaban J connectivity index is 3.61. The molecule has 0 atom stereocenters. The van der Waals surface area contributed by atoms with Crippen LogP contribution in [0.15, 0.2) is 0 Å². The molecule has 0 aliphatic carbocycles. The second-order valence-corrected chi connectivity index (χ2v) is 11.1. The summed E-state index contributed by atoms with van der Waals surface area (Å²) in [4.78, 5) is 0. The first-order valence-electron chi connectivity index (χ1n) is 6.32. The fraction of sp³-hybridized carbons (Fsp3) is 1.00. The second-order valence-electron chi connectivity index (χ2n) is 4.28. The maximum absolute atomic E-state index is 2.41. The SMILES string of the molecule is CCCCSCC[Si](CC)(CC)CC. The van der Waals surface area contributed by atoms with E-state index in [1.54, 1.807) is 6.04 Å². The molecule has 0 bridgehead atoms. The molecule has 0 radical (unpaired) electrons. The van der Waals surface area contributed by atoms with Gasteiger partial charge in [0.1, 0.15) is 0 Å². The molecular formula is C12H28SSi. The Morgan fingerprint density at radius 3 is 1.86 bits per heavy atom. The maximum atomic E-state index is 2.41. The highest BCUT2D eigenvalue weighted by molar-refractivity contribution is 7.99. The molecule has 0 aromatic carbocycles. The van der Waals surface area contributed by atoms with E-state index in [4.69, 9.17) is 0 Å². The minimum atomic E-state index is -0.798. The van der Waals surface area contributed by atoms with Crippen LogP contribution >= 0.6 is 11.8 Å². The van der Waals surface area contributed by atoms with Gasteiger partial charge in [0.25, 0.3) is 0 Å². The Hall–Kier alpha value is 0.567. The monoisotopic (exact) mass is 232 g/mol. The van der Waals surface area contributed by atoms with Gasteiger partial charge in [0.15, 0.2) is 0 Å². The Labute approximate surface area is 96.3 Å². The van der Waals surface area contributed by atoms with Gasteiger partial charge in [-0.15, -0.1) is 0 Å². The second kappa shape index (κ2) is 8.84. The van der Waals surface area contributed by atoms with Crippen molar-refractivity contribution in [1.82, 2.24) is 0 Å². The standard InChI is InChI=1S/C12H28SSi/c1-5-9-10-13-11-12-14(6-2,7-3)8-4/h5-12H2,1-4H3. The van der Waals surface area contributed by atoms with Gasteiger partial charge < -0.3 is 0 Å². The summed E-state index contributed by atoms with van der Waals surface area (Å²) in [5.74, 6) is 2.82. The van der Waals surface area contributed by atoms with Gasteiger partial charge in [-0.1, -0.05) is 52.2 Å². The molecule has 0 spiro atoms. The van der Waals surface area contributed by atoms with Gasteiger partial charge in [-0.05, 0) is 24.0 Å². The van der Waals surface area contributed by atoms with Gasteiger partial charge in [0, 0.05) is 0 Å². The predicted molar refractivity (Wildman–Crippen MR) is 74.2 cm³/mol. The molecule has 0 aromatic rings. The highest BCUT2D eigenvalue weighted by Crippen LogP contribution is 2.26. The number of thioether (sulfide) groups is 1. The van der Waals surface area contributed by atoms with Gasteiger partial charge in [-0.2, -0.15) is 11.8 Å². The van der Waals surface area contributed by atoms with Crippen molar-refractivity contribution in [2.75, 3.05) is 11.5 Å². The van der Waals surface area contributed by atoms with Crippen LogP contribution in [0.5, 0.6) is 0 Å². The van der Waals surface area contributed by atoms with E-state index in [2.05, 4.69) is 39.5 Å². The number of hydrogen-bond acceptors (Lipinski definition) is 1. The molecule has 0 saturated heterocycles. The van der Waals surface area contributed by atoms with Gasteiger partial charge >= 0.3 is 0 Å². The summed E-state index contributed by atoms with van der Waals surface area (Å²) in [6.45, 7) is 9.52. The van der Waals surface area contributed by atoms with Crippen LogP contribution in [0.1, 0.15) is 40.5 Å². The van der Waals surface area contributed by atoms with E-state index in [1.807, 2.05) is 0 Å². The van der Waals surface area contributed by atoms with E-state index >= 15 is 0 Å². The molecule has 0 aliphatic rings. The van der Waals surface area contributed by atoms with Crippen LogP contribution in [0.3, 0.4) is 0 Å². The van der Waals surface area contributed by atoms with Crippen molar-refractivity contribution >= 4 is 19.8 Å². The van der Waals surface area contributed by atoms with E-state index in [1.165, 1.54) is 42.5 Å². The lowest BCUT2D eigenvalue weighted by molar-refractivity contribution is 0.896.